The maximum atomic E-state index is 13.6. The van der Waals surface area contributed by atoms with Gasteiger partial charge < -0.3 is 15.2 Å². The van der Waals surface area contributed by atoms with Gasteiger partial charge in [-0.3, -0.25) is 9.69 Å². The lowest BCUT2D eigenvalue weighted by molar-refractivity contribution is -0.129. The molecule has 0 fully saturated rings. The van der Waals surface area contributed by atoms with Crippen LogP contribution in [0, 0.1) is 0 Å². The molecule has 6 heteroatoms. The van der Waals surface area contributed by atoms with E-state index in [2.05, 4.69) is 0 Å². The molecule has 2 heterocycles. The number of nitrogens with two attached hydrogens (primary N) is 1. The third-order valence-electron chi connectivity index (χ3n) is 6.11. The summed E-state index contributed by atoms with van der Waals surface area (Å²) in [7, 11) is 1.66. The summed E-state index contributed by atoms with van der Waals surface area (Å²) in [6, 6.07) is 21.7. The molecule has 5 rings (SSSR count). The number of carbonyl (C=O) groups is 1. The number of hydrogen-bond acceptors (Lipinski definition) is 5. The zero-order chi connectivity index (χ0) is 22.3. The molecule has 162 valence electrons. The Morgan fingerprint density at radius 3 is 2.56 bits per heavy atom. The van der Waals surface area contributed by atoms with Crippen molar-refractivity contribution in [3.63, 3.8) is 0 Å². The zero-order valence-electron chi connectivity index (χ0n) is 18.2. The van der Waals surface area contributed by atoms with Gasteiger partial charge in [-0.1, -0.05) is 36.4 Å². The Kier molecular flexibility index (Phi) is 4.85. The van der Waals surface area contributed by atoms with Crippen molar-refractivity contribution in [3.8, 4) is 22.6 Å². The van der Waals surface area contributed by atoms with Crippen LogP contribution in [0.5, 0.6) is 11.5 Å². The average molecular weight is 428 g/mol. The Hall–Kier alpha value is -3.80. The van der Waals surface area contributed by atoms with Gasteiger partial charge in [0, 0.05) is 13.5 Å². The number of aliphatic imine (C=N–C) groups is 1. The van der Waals surface area contributed by atoms with Gasteiger partial charge >= 0.3 is 0 Å². The van der Waals surface area contributed by atoms with E-state index in [0.717, 1.165) is 45.7 Å². The summed E-state index contributed by atoms with van der Waals surface area (Å²) >= 11 is 0. The average Bonchev–Trinajstić information content (AvgIpc) is 3.38. The minimum Gasteiger partial charge on any atom is -0.494 e. The van der Waals surface area contributed by atoms with Gasteiger partial charge in [0.2, 0.25) is 0 Å². The highest BCUT2D eigenvalue weighted by atomic mass is 16.5. The van der Waals surface area contributed by atoms with E-state index in [1.807, 2.05) is 73.7 Å². The quantitative estimate of drug-likeness (QED) is 0.673. The van der Waals surface area contributed by atoms with Crippen LogP contribution in [0.15, 0.2) is 71.7 Å². The monoisotopic (exact) mass is 427 g/mol. The number of amides is 1. The Morgan fingerprint density at radius 2 is 1.81 bits per heavy atom. The van der Waals surface area contributed by atoms with Crippen molar-refractivity contribution >= 4 is 11.9 Å². The molecule has 6 nitrogen and oxygen atoms in total. The third-order valence-corrected chi connectivity index (χ3v) is 6.11. The minimum absolute atomic E-state index is 0.172. The second kappa shape index (κ2) is 7.71. The number of ether oxygens (including phenoxy) is 2. The van der Waals surface area contributed by atoms with Crippen molar-refractivity contribution in [1.29, 1.82) is 0 Å². The van der Waals surface area contributed by atoms with Crippen molar-refractivity contribution in [2.75, 3.05) is 20.3 Å². The van der Waals surface area contributed by atoms with Gasteiger partial charge in [-0.2, -0.15) is 0 Å². The molecular formula is C26H25N3O3. The molecule has 1 unspecified atom stereocenters. The lowest BCUT2D eigenvalue weighted by atomic mass is 9.81. The number of guanidine groups is 1. The van der Waals surface area contributed by atoms with Crippen LogP contribution in [-0.2, 0) is 16.8 Å². The van der Waals surface area contributed by atoms with Crippen molar-refractivity contribution in [3.05, 3.63) is 83.4 Å². The van der Waals surface area contributed by atoms with Crippen molar-refractivity contribution < 1.29 is 14.3 Å². The summed E-state index contributed by atoms with van der Waals surface area (Å²) in [5.74, 6) is 1.70. The molecule has 32 heavy (non-hydrogen) atoms. The van der Waals surface area contributed by atoms with Crippen LogP contribution in [0.4, 0.5) is 0 Å². The molecule has 2 aliphatic rings. The van der Waals surface area contributed by atoms with Crippen molar-refractivity contribution in [2.24, 2.45) is 10.7 Å². The summed E-state index contributed by atoms with van der Waals surface area (Å²) < 4.78 is 11.3. The van der Waals surface area contributed by atoms with E-state index in [1.165, 1.54) is 4.90 Å². The molecule has 2 aliphatic heterocycles. The number of likely N-dealkylation sites (N-methyl/N-ethyl adjacent to an activating group) is 1. The number of carbonyl (C=O) groups excluding carboxylic acids is 1. The molecule has 0 saturated heterocycles. The van der Waals surface area contributed by atoms with Crippen LogP contribution in [0.1, 0.15) is 23.6 Å². The first kappa shape index (κ1) is 20.1. The molecule has 1 atom stereocenters. The van der Waals surface area contributed by atoms with Gasteiger partial charge in [0.25, 0.3) is 5.91 Å². The van der Waals surface area contributed by atoms with Gasteiger partial charge in [0.05, 0.1) is 13.2 Å². The molecule has 0 saturated carbocycles. The van der Waals surface area contributed by atoms with Gasteiger partial charge in [-0.15, -0.1) is 0 Å². The molecule has 0 bridgehead atoms. The van der Waals surface area contributed by atoms with Crippen LogP contribution >= 0.6 is 0 Å². The second-order valence-electron chi connectivity index (χ2n) is 8.01. The fourth-order valence-electron chi connectivity index (χ4n) is 4.45. The summed E-state index contributed by atoms with van der Waals surface area (Å²) in [5.41, 5.74) is 9.54. The standard InChI is InChI=1S/C26H25N3O3/c1-3-31-22-9-5-7-18(16-22)17-6-4-8-20(14-17)26(24(30)29(2)25(27)28-26)21-10-11-23-19(15-21)12-13-32-23/h4-11,14-16H,3,12-13H2,1-2H3,(H2,27,28). The molecule has 0 spiro atoms. The van der Waals surface area contributed by atoms with E-state index in [-0.39, 0.29) is 11.9 Å². The van der Waals surface area contributed by atoms with Gasteiger partial charge in [-0.25, -0.2) is 4.99 Å². The van der Waals surface area contributed by atoms with Gasteiger partial charge in [0.15, 0.2) is 11.5 Å². The van der Waals surface area contributed by atoms with Crippen LogP contribution in [-0.4, -0.2) is 37.0 Å². The van der Waals surface area contributed by atoms with E-state index in [4.69, 9.17) is 20.2 Å². The number of rotatable bonds is 5. The molecule has 0 aliphatic carbocycles. The lowest BCUT2D eigenvalue weighted by Gasteiger charge is -2.27. The number of fused-ring (bicyclic) bond motifs is 1. The maximum absolute atomic E-state index is 13.6. The summed E-state index contributed by atoms with van der Waals surface area (Å²) in [6.45, 7) is 3.21. The maximum Gasteiger partial charge on any atom is 0.266 e. The van der Waals surface area contributed by atoms with Gasteiger partial charge in [0.1, 0.15) is 11.5 Å². The second-order valence-corrected chi connectivity index (χ2v) is 8.01. The molecule has 2 N–H and O–H groups in total. The first-order valence-corrected chi connectivity index (χ1v) is 10.8. The first-order chi connectivity index (χ1) is 15.5. The highest BCUT2D eigenvalue weighted by molar-refractivity contribution is 6.09. The van der Waals surface area contributed by atoms with Crippen LogP contribution in [0.25, 0.3) is 11.1 Å². The number of hydrogen-bond donors (Lipinski definition) is 1. The molecule has 3 aromatic carbocycles. The van der Waals surface area contributed by atoms with E-state index in [1.54, 1.807) is 7.05 Å². The SMILES string of the molecule is CCOc1cccc(-c2cccc(C3(c4ccc5c(c4)CCO5)N=C(N)N(C)C3=O)c2)c1. The molecule has 3 aromatic rings. The molecule has 0 radical (unpaired) electrons. The fraction of sp³-hybridized carbons (Fsp3) is 0.231. The highest BCUT2D eigenvalue weighted by Crippen LogP contribution is 2.42. The Bertz CT molecular complexity index is 1240. The smallest absolute Gasteiger partial charge is 0.266 e. The van der Waals surface area contributed by atoms with Crippen molar-refractivity contribution in [1.82, 2.24) is 4.90 Å². The summed E-state index contributed by atoms with van der Waals surface area (Å²) in [4.78, 5) is 19.8. The zero-order valence-corrected chi connectivity index (χ0v) is 18.2. The molecular weight excluding hydrogens is 402 g/mol. The molecule has 1 amide bonds. The number of nitrogens with zero attached hydrogens (tertiary/aromatic N) is 2. The van der Waals surface area contributed by atoms with Gasteiger partial charge in [-0.05, 0) is 65.1 Å². The highest BCUT2D eigenvalue weighted by Gasteiger charge is 2.49. The van der Waals surface area contributed by atoms with E-state index < -0.39 is 5.54 Å². The Labute approximate surface area is 187 Å². The molecule has 0 aromatic heterocycles. The van der Waals surface area contributed by atoms with E-state index >= 15 is 0 Å². The van der Waals surface area contributed by atoms with Crippen LogP contribution in [0.2, 0.25) is 0 Å². The summed E-state index contributed by atoms with van der Waals surface area (Å²) in [5, 5.41) is 0. The fourth-order valence-corrected chi connectivity index (χ4v) is 4.45. The lowest BCUT2D eigenvalue weighted by Crippen LogP contribution is -2.41. The van der Waals surface area contributed by atoms with E-state index in [9.17, 15) is 4.79 Å². The number of benzene rings is 3. The Balaban J connectivity index is 1.67. The third kappa shape index (κ3) is 3.11. The largest absolute Gasteiger partial charge is 0.494 e. The van der Waals surface area contributed by atoms with Crippen LogP contribution in [0.3, 0.4) is 0 Å². The minimum atomic E-state index is -1.23. The van der Waals surface area contributed by atoms with Crippen LogP contribution < -0.4 is 15.2 Å². The van der Waals surface area contributed by atoms with E-state index in [0.29, 0.717) is 13.2 Å². The van der Waals surface area contributed by atoms with Crippen molar-refractivity contribution in [2.45, 2.75) is 18.9 Å². The first-order valence-electron chi connectivity index (χ1n) is 10.8. The topological polar surface area (TPSA) is 77.2 Å². The predicted molar refractivity (Wildman–Crippen MR) is 124 cm³/mol. The summed E-state index contributed by atoms with van der Waals surface area (Å²) in [6.07, 6.45) is 0.812. The normalized spacial score (nSPS) is 19.5. The Morgan fingerprint density at radius 1 is 1.06 bits per heavy atom. The predicted octanol–water partition coefficient (Wildman–Crippen LogP) is 3.72.